The van der Waals surface area contributed by atoms with Crippen LogP contribution in [0.25, 0.3) is 0 Å². The van der Waals surface area contributed by atoms with Crippen LogP contribution in [0.2, 0.25) is 5.02 Å². The molecular formula is C25H21ClN2O3. The quantitative estimate of drug-likeness (QED) is 0.423. The van der Waals surface area contributed by atoms with E-state index in [1.807, 2.05) is 12.1 Å². The molecule has 0 radical (unpaired) electrons. The maximum Gasteiger partial charge on any atom is 0.255 e. The zero-order valence-electron chi connectivity index (χ0n) is 17.4. The molecule has 1 amide bonds. The van der Waals surface area contributed by atoms with Crippen molar-refractivity contribution in [3.63, 3.8) is 0 Å². The molecule has 0 atom stereocenters. The van der Waals surface area contributed by atoms with Gasteiger partial charge >= 0.3 is 0 Å². The number of nitrogens with one attached hydrogen (secondary N) is 1. The molecule has 4 rings (SSSR count). The molecule has 0 unspecified atom stereocenters. The van der Waals surface area contributed by atoms with Gasteiger partial charge in [0, 0.05) is 16.7 Å². The first kappa shape index (κ1) is 20.8. The topological polar surface area (TPSA) is 89.3 Å². The summed E-state index contributed by atoms with van der Waals surface area (Å²) in [7, 11) is 0. The molecule has 1 aliphatic rings. The van der Waals surface area contributed by atoms with E-state index >= 15 is 0 Å². The zero-order chi connectivity index (χ0) is 22.5. The van der Waals surface area contributed by atoms with Crippen molar-refractivity contribution in [2.24, 2.45) is 0 Å². The highest BCUT2D eigenvalue weighted by molar-refractivity contribution is 6.38. The molecule has 0 saturated heterocycles. The lowest BCUT2D eigenvalue weighted by Gasteiger charge is -2.23. The van der Waals surface area contributed by atoms with Gasteiger partial charge in [-0.1, -0.05) is 68.8 Å². The van der Waals surface area contributed by atoms with E-state index in [1.165, 1.54) is 6.07 Å². The number of ketones is 2. The molecule has 0 aromatic heterocycles. The van der Waals surface area contributed by atoms with E-state index in [0.717, 1.165) is 5.56 Å². The van der Waals surface area contributed by atoms with E-state index < -0.39 is 11.7 Å². The lowest BCUT2D eigenvalue weighted by molar-refractivity contribution is 0.0979. The molecule has 0 heterocycles. The minimum absolute atomic E-state index is 0.0228. The van der Waals surface area contributed by atoms with Gasteiger partial charge < -0.3 is 11.1 Å². The minimum Gasteiger partial charge on any atom is -0.397 e. The molecule has 0 aliphatic heterocycles. The maximum atomic E-state index is 13.2. The van der Waals surface area contributed by atoms with Crippen molar-refractivity contribution < 1.29 is 14.4 Å². The van der Waals surface area contributed by atoms with Gasteiger partial charge in [0.05, 0.1) is 27.5 Å². The molecule has 0 saturated carbocycles. The summed E-state index contributed by atoms with van der Waals surface area (Å²) in [5.41, 5.74) is 8.34. The highest BCUT2D eigenvalue weighted by atomic mass is 35.5. The Balaban J connectivity index is 1.77. The molecule has 5 nitrogen and oxygen atoms in total. The minimum atomic E-state index is -0.414. The summed E-state index contributed by atoms with van der Waals surface area (Å²) in [5, 5.41) is 2.84. The summed E-state index contributed by atoms with van der Waals surface area (Å²) >= 11 is 6.25. The van der Waals surface area contributed by atoms with Gasteiger partial charge in [-0.3, -0.25) is 14.4 Å². The van der Waals surface area contributed by atoms with Crippen molar-refractivity contribution in [1.29, 1.82) is 0 Å². The SMILES string of the molecule is CC(C)(C)c1ccc(C(=O)Nc2cc(Cl)c(N)c3c2C(=O)c2ccccc2C3=O)cc1. The molecule has 1 aliphatic carbocycles. The highest BCUT2D eigenvalue weighted by Gasteiger charge is 2.34. The summed E-state index contributed by atoms with van der Waals surface area (Å²) in [5.74, 6) is -1.19. The van der Waals surface area contributed by atoms with E-state index in [4.69, 9.17) is 17.3 Å². The molecule has 0 spiro atoms. The number of carbonyl (C=O) groups excluding carboxylic acids is 3. The van der Waals surface area contributed by atoms with E-state index in [-0.39, 0.29) is 49.8 Å². The first-order valence-electron chi connectivity index (χ1n) is 9.82. The van der Waals surface area contributed by atoms with Crippen LogP contribution in [0.15, 0.2) is 54.6 Å². The Bertz CT molecular complexity index is 1250. The van der Waals surface area contributed by atoms with Crippen LogP contribution in [-0.2, 0) is 5.41 Å². The van der Waals surface area contributed by atoms with Crippen molar-refractivity contribution in [3.8, 4) is 0 Å². The van der Waals surface area contributed by atoms with E-state index in [2.05, 4.69) is 26.1 Å². The lowest BCUT2D eigenvalue weighted by atomic mass is 9.82. The number of benzene rings is 3. The van der Waals surface area contributed by atoms with E-state index in [9.17, 15) is 14.4 Å². The fourth-order valence-electron chi connectivity index (χ4n) is 3.70. The number of carbonyl (C=O) groups is 3. The smallest absolute Gasteiger partial charge is 0.255 e. The van der Waals surface area contributed by atoms with Crippen LogP contribution < -0.4 is 11.1 Å². The molecular weight excluding hydrogens is 412 g/mol. The third-order valence-electron chi connectivity index (χ3n) is 5.45. The molecule has 0 fully saturated rings. The number of rotatable bonds is 2. The normalized spacial score (nSPS) is 12.9. The van der Waals surface area contributed by atoms with Crippen LogP contribution in [0, 0.1) is 0 Å². The second-order valence-corrected chi connectivity index (χ2v) is 8.96. The maximum absolute atomic E-state index is 13.2. The van der Waals surface area contributed by atoms with Gasteiger partial charge in [0.1, 0.15) is 0 Å². The molecule has 3 N–H and O–H groups in total. The lowest BCUT2D eigenvalue weighted by Crippen LogP contribution is -2.25. The predicted molar refractivity (Wildman–Crippen MR) is 122 cm³/mol. The number of nitrogen functional groups attached to an aromatic ring is 1. The monoisotopic (exact) mass is 432 g/mol. The standard InChI is InChI=1S/C25H21ClN2O3/c1-25(2,3)14-10-8-13(9-11-14)24(31)28-18-12-17(26)21(27)20-19(18)22(29)15-6-4-5-7-16(15)23(20)30/h4-12H,27H2,1-3H3,(H,28,31). The van der Waals surface area contributed by atoms with Crippen LogP contribution in [0.4, 0.5) is 11.4 Å². The van der Waals surface area contributed by atoms with E-state index in [0.29, 0.717) is 5.56 Å². The predicted octanol–water partition coefficient (Wildman–Crippen LogP) is 5.25. The molecule has 31 heavy (non-hydrogen) atoms. The third-order valence-corrected chi connectivity index (χ3v) is 5.76. The second-order valence-electron chi connectivity index (χ2n) is 8.55. The Morgan fingerprint density at radius 3 is 2.00 bits per heavy atom. The second kappa shape index (κ2) is 7.36. The van der Waals surface area contributed by atoms with Gasteiger partial charge in [-0.2, -0.15) is 0 Å². The molecule has 3 aromatic rings. The molecule has 3 aromatic carbocycles. The van der Waals surface area contributed by atoms with Crippen LogP contribution in [0.3, 0.4) is 0 Å². The van der Waals surface area contributed by atoms with Crippen molar-refractivity contribution >= 4 is 40.4 Å². The molecule has 156 valence electrons. The first-order valence-corrected chi connectivity index (χ1v) is 10.2. The van der Waals surface area contributed by atoms with Gasteiger partial charge in [0.15, 0.2) is 11.6 Å². The number of halogens is 1. The summed E-state index contributed by atoms with van der Waals surface area (Å²) in [6.07, 6.45) is 0. The number of nitrogens with two attached hydrogens (primary N) is 1. The van der Waals surface area contributed by atoms with Crippen LogP contribution in [0.5, 0.6) is 0 Å². The zero-order valence-corrected chi connectivity index (χ0v) is 18.1. The largest absolute Gasteiger partial charge is 0.397 e. The van der Waals surface area contributed by atoms with E-state index in [1.54, 1.807) is 36.4 Å². The van der Waals surface area contributed by atoms with Gasteiger partial charge in [-0.25, -0.2) is 0 Å². The van der Waals surface area contributed by atoms with Gasteiger partial charge in [0.25, 0.3) is 5.91 Å². The van der Waals surface area contributed by atoms with Crippen molar-refractivity contribution in [1.82, 2.24) is 0 Å². The van der Waals surface area contributed by atoms with Crippen LogP contribution in [-0.4, -0.2) is 17.5 Å². The fourth-order valence-corrected chi connectivity index (χ4v) is 3.90. The summed E-state index contributed by atoms with van der Waals surface area (Å²) in [6.45, 7) is 6.27. The van der Waals surface area contributed by atoms with Crippen molar-refractivity contribution in [2.45, 2.75) is 26.2 Å². The number of hydrogen-bond acceptors (Lipinski definition) is 4. The third kappa shape index (κ3) is 3.51. The van der Waals surface area contributed by atoms with Crippen LogP contribution in [0.1, 0.15) is 68.5 Å². The van der Waals surface area contributed by atoms with Gasteiger partial charge in [-0.05, 0) is 29.2 Å². The molecule has 0 bridgehead atoms. The van der Waals surface area contributed by atoms with Crippen LogP contribution >= 0.6 is 11.6 Å². The Hall–Kier alpha value is -3.44. The number of fused-ring (bicyclic) bond motifs is 2. The first-order chi connectivity index (χ1) is 14.6. The summed E-state index contributed by atoms with van der Waals surface area (Å²) < 4.78 is 0. The van der Waals surface area contributed by atoms with Crippen molar-refractivity contribution in [2.75, 3.05) is 11.1 Å². The number of hydrogen-bond donors (Lipinski definition) is 2. The van der Waals surface area contributed by atoms with Gasteiger partial charge in [0.2, 0.25) is 0 Å². The highest BCUT2D eigenvalue weighted by Crippen LogP contribution is 2.39. The fraction of sp³-hybridized carbons (Fsp3) is 0.160. The Kier molecular flexibility index (Phi) is 4.94. The Morgan fingerprint density at radius 1 is 0.903 bits per heavy atom. The Labute approximate surface area is 185 Å². The average Bonchev–Trinajstić information content (AvgIpc) is 2.74. The Morgan fingerprint density at radius 2 is 1.45 bits per heavy atom. The van der Waals surface area contributed by atoms with Crippen molar-refractivity contribution in [3.05, 3.63) is 93.0 Å². The number of amides is 1. The number of anilines is 2. The summed E-state index contributed by atoms with van der Waals surface area (Å²) in [4.78, 5) is 39.2. The summed E-state index contributed by atoms with van der Waals surface area (Å²) in [6, 6.07) is 15.2. The molecule has 6 heteroatoms. The average molecular weight is 433 g/mol. The van der Waals surface area contributed by atoms with Gasteiger partial charge in [-0.15, -0.1) is 0 Å².